The van der Waals surface area contributed by atoms with Crippen molar-refractivity contribution in [3.8, 4) is 0 Å². The Hall–Kier alpha value is -2.87. The largest absolute Gasteiger partial charge is 0.361 e. The van der Waals surface area contributed by atoms with Crippen LogP contribution in [0.5, 0.6) is 0 Å². The highest BCUT2D eigenvalue weighted by molar-refractivity contribution is 9.10. The van der Waals surface area contributed by atoms with E-state index < -0.39 is 0 Å². The number of carbonyl (C=O) groups excluding carboxylic acids is 2. The highest BCUT2D eigenvalue weighted by atomic mass is 79.9. The van der Waals surface area contributed by atoms with E-state index in [4.69, 9.17) is 0 Å². The number of nitrogens with one attached hydrogen (secondary N) is 2. The van der Waals surface area contributed by atoms with Gasteiger partial charge in [0.2, 0.25) is 0 Å². The van der Waals surface area contributed by atoms with E-state index in [1.165, 1.54) is 0 Å². The van der Waals surface area contributed by atoms with E-state index in [0.29, 0.717) is 29.9 Å². The number of urea groups is 1. The van der Waals surface area contributed by atoms with Gasteiger partial charge in [0.25, 0.3) is 5.91 Å². The zero-order chi connectivity index (χ0) is 20.9. The molecular formula is C21H22BrN5O2. The third-order valence-corrected chi connectivity index (χ3v) is 6.30. The van der Waals surface area contributed by atoms with Crippen LogP contribution in [-0.4, -0.2) is 46.9 Å². The first-order chi connectivity index (χ1) is 13.8. The van der Waals surface area contributed by atoms with Gasteiger partial charge in [0, 0.05) is 43.1 Å². The van der Waals surface area contributed by atoms with Gasteiger partial charge in [-0.15, -0.1) is 0 Å². The topological polar surface area (TPSA) is 81.3 Å². The Morgan fingerprint density at radius 3 is 2.59 bits per heavy atom. The smallest absolute Gasteiger partial charge is 0.324 e. The molecule has 0 spiro atoms. The zero-order valence-corrected chi connectivity index (χ0v) is 18.3. The molecular weight excluding hydrogens is 434 g/mol. The molecule has 7 nitrogen and oxygen atoms in total. The Balaban J connectivity index is 1.78. The van der Waals surface area contributed by atoms with Gasteiger partial charge in [-0.2, -0.15) is 0 Å². The molecule has 2 aromatic heterocycles. The Morgan fingerprint density at radius 2 is 1.97 bits per heavy atom. The van der Waals surface area contributed by atoms with E-state index in [0.717, 1.165) is 32.5 Å². The number of nitrogens with zero attached hydrogens (tertiary/aromatic N) is 3. The summed E-state index contributed by atoms with van der Waals surface area (Å²) in [4.78, 5) is 36.8. The summed E-state index contributed by atoms with van der Waals surface area (Å²) in [6.45, 7) is 7.03. The Kier molecular flexibility index (Phi) is 4.82. The molecule has 3 heterocycles. The molecule has 0 saturated carbocycles. The molecule has 0 atom stereocenters. The van der Waals surface area contributed by atoms with Crippen LogP contribution >= 0.6 is 15.9 Å². The molecule has 29 heavy (non-hydrogen) atoms. The van der Waals surface area contributed by atoms with Gasteiger partial charge in [0.15, 0.2) is 0 Å². The molecule has 1 aliphatic heterocycles. The molecule has 1 aromatic carbocycles. The SMILES string of the molecule is Cc1cnc2c(NC(=O)c3c(C)[nH]c(C)c3Br)cccc2c1N1CCN(C)C1=O. The average molecular weight is 456 g/mol. The van der Waals surface area contributed by atoms with Crippen molar-refractivity contribution in [2.45, 2.75) is 20.8 Å². The number of carbonyl (C=O) groups is 2. The minimum Gasteiger partial charge on any atom is -0.361 e. The molecule has 0 radical (unpaired) electrons. The number of aryl methyl sites for hydroxylation is 3. The molecule has 8 heteroatoms. The summed E-state index contributed by atoms with van der Waals surface area (Å²) in [5.41, 5.74) is 5.30. The van der Waals surface area contributed by atoms with Gasteiger partial charge in [-0.05, 0) is 48.3 Å². The maximum Gasteiger partial charge on any atom is 0.324 e. The number of H-pyrrole nitrogens is 1. The Labute approximate surface area is 177 Å². The van der Waals surface area contributed by atoms with Gasteiger partial charge in [-0.25, -0.2) is 4.79 Å². The molecule has 0 aliphatic carbocycles. The van der Waals surface area contributed by atoms with Crippen LogP contribution in [0.2, 0.25) is 0 Å². The second-order valence-corrected chi connectivity index (χ2v) is 8.16. The Morgan fingerprint density at radius 1 is 1.21 bits per heavy atom. The summed E-state index contributed by atoms with van der Waals surface area (Å²) in [6.07, 6.45) is 1.75. The lowest BCUT2D eigenvalue weighted by atomic mass is 10.1. The summed E-state index contributed by atoms with van der Waals surface area (Å²) < 4.78 is 0.753. The zero-order valence-electron chi connectivity index (χ0n) is 16.8. The number of aromatic amines is 1. The normalized spacial score (nSPS) is 14.2. The number of para-hydroxylation sites is 1. The number of anilines is 2. The molecule has 1 fully saturated rings. The molecule has 1 saturated heterocycles. The van der Waals surface area contributed by atoms with Crippen LogP contribution in [0.1, 0.15) is 27.3 Å². The number of aromatic nitrogens is 2. The van der Waals surface area contributed by atoms with Crippen LogP contribution in [-0.2, 0) is 0 Å². The lowest BCUT2D eigenvalue weighted by molar-refractivity contribution is 0.102. The average Bonchev–Trinajstić information content (AvgIpc) is 3.13. The number of amides is 3. The van der Waals surface area contributed by atoms with Gasteiger partial charge in [0.1, 0.15) is 0 Å². The number of hydrogen-bond acceptors (Lipinski definition) is 3. The summed E-state index contributed by atoms with van der Waals surface area (Å²) in [5.74, 6) is -0.216. The van der Waals surface area contributed by atoms with E-state index in [-0.39, 0.29) is 11.9 Å². The van der Waals surface area contributed by atoms with Gasteiger partial charge in [-0.3, -0.25) is 14.7 Å². The third-order valence-electron chi connectivity index (χ3n) is 5.31. The minimum atomic E-state index is -0.216. The number of likely N-dealkylation sites (N-methyl/N-ethyl adjacent to an activating group) is 1. The van der Waals surface area contributed by atoms with Crippen LogP contribution in [0.15, 0.2) is 28.9 Å². The fourth-order valence-corrected chi connectivity index (χ4v) is 4.40. The second kappa shape index (κ2) is 7.18. The van der Waals surface area contributed by atoms with Crippen molar-refractivity contribution in [1.82, 2.24) is 14.9 Å². The van der Waals surface area contributed by atoms with Crippen molar-refractivity contribution < 1.29 is 9.59 Å². The molecule has 0 unspecified atom stereocenters. The molecule has 1 aliphatic rings. The van der Waals surface area contributed by atoms with Crippen molar-refractivity contribution in [1.29, 1.82) is 0 Å². The summed E-state index contributed by atoms with van der Waals surface area (Å²) >= 11 is 3.49. The third kappa shape index (κ3) is 3.17. The molecule has 2 N–H and O–H groups in total. The van der Waals surface area contributed by atoms with E-state index in [1.54, 1.807) is 23.0 Å². The van der Waals surface area contributed by atoms with Crippen molar-refractivity contribution in [2.24, 2.45) is 0 Å². The van der Waals surface area contributed by atoms with Gasteiger partial charge in [-0.1, -0.05) is 12.1 Å². The van der Waals surface area contributed by atoms with Crippen LogP contribution < -0.4 is 10.2 Å². The fraction of sp³-hybridized carbons (Fsp3) is 0.286. The number of halogens is 1. The summed E-state index contributed by atoms with van der Waals surface area (Å²) in [7, 11) is 1.80. The second-order valence-electron chi connectivity index (χ2n) is 7.37. The van der Waals surface area contributed by atoms with E-state index in [9.17, 15) is 9.59 Å². The summed E-state index contributed by atoms with van der Waals surface area (Å²) in [6, 6.07) is 5.61. The maximum absolute atomic E-state index is 13.0. The maximum atomic E-state index is 13.0. The number of fused-ring (bicyclic) bond motifs is 1. The molecule has 150 valence electrons. The van der Waals surface area contributed by atoms with E-state index in [2.05, 4.69) is 31.2 Å². The van der Waals surface area contributed by atoms with Crippen LogP contribution in [0, 0.1) is 20.8 Å². The van der Waals surface area contributed by atoms with Gasteiger partial charge >= 0.3 is 6.03 Å². The molecule has 3 aromatic rings. The van der Waals surface area contributed by atoms with Gasteiger partial charge < -0.3 is 15.2 Å². The first-order valence-electron chi connectivity index (χ1n) is 9.36. The van der Waals surface area contributed by atoms with E-state index >= 15 is 0 Å². The van der Waals surface area contributed by atoms with Crippen LogP contribution in [0.25, 0.3) is 10.9 Å². The predicted molar refractivity (Wildman–Crippen MR) is 118 cm³/mol. The Bertz CT molecular complexity index is 1150. The highest BCUT2D eigenvalue weighted by Gasteiger charge is 2.29. The number of pyridine rings is 1. The van der Waals surface area contributed by atoms with Crippen LogP contribution in [0.4, 0.5) is 16.2 Å². The number of benzene rings is 1. The van der Waals surface area contributed by atoms with Crippen molar-refractivity contribution in [3.63, 3.8) is 0 Å². The number of hydrogen-bond donors (Lipinski definition) is 2. The summed E-state index contributed by atoms with van der Waals surface area (Å²) in [5, 5.41) is 3.83. The molecule has 4 rings (SSSR count). The lowest BCUT2D eigenvalue weighted by Gasteiger charge is -2.21. The monoisotopic (exact) mass is 455 g/mol. The fourth-order valence-electron chi connectivity index (χ4n) is 3.83. The van der Waals surface area contributed by atoms with Crippen molar-refractivity contribution in [2.75, 3.05) is 30.4 Å². The van der Waals surface area contributed by atoms with Gasteiger partial charge in [0.05, 0.1) is 26.9 Å². The minimum absolute atomic E-state index is 0.0302. The number of rotatable bonds is 3. The molecule has 3 amide bonds. The quantitative estimate of drug-likeness (QED) is 0.614. The van der Waals surface area contributed by atoms with Crippen LogP contribution in [0.3, 0.4) is 0 Å². The van der Waals surface area contributed by atoms with Crippen molar-refractivity contribution >= 4 is 50.1 Å². The van der Waals surface area contributed by atoms with Crippen molar-refractivity contribution in [3.05, 3.63) is 51.4 Å². The standard InChI is InChI=1S/C21H22BrN5O2/c1-11-10-23-18-14(19(11)27-9-8-26(4)21(27)29)6-5-7-15(18)25-20(28)16-12(2)24-13(3)17(16)22/h5-7,10,24H,8-9H2,1-4H3,(H,25,28). The highest BCUT2D eigenvalue weighted by Crippen LogP contribution is 2.35. The van der Waals surface area contributed by atoms with E-state index in [1.807, 2.05) is 39.0 Å². The molecule has 0 bridgehead atoms. The first-order valence-corrected chi connectivity index (χ1v) is 10.2. The first kappa shape index (κ1) is 19.4. The lowest BCUT2D eigenvalue weighted by Crippen LogP contribution is -2.30. The predicted octanol–water partition coefficient (Wildman–Crippen LogP) is 4.37.